The molecule has 1 N–H and O–H groups in total. The van der Waals surface area contributed by atoms with Crippen molar-refractivity contribution in [1.82, 2.24) is 14.5 Å². The smallest absolute Gasteiger partial charge is 0.317 e. The highest BCUT2D eigenvalue weighted by molar-refractivity contribution is 7.88. The van der Waals surface area contributed by atoms with Crippen molar-refractivity contribution in [3.05, 3.63) is 71.8 Å². The lowest BCUT2D eigenvalue weighted by molar-refractivity contribution is 0.172. The van der Waals surface area contributed by atoms with Gasteiger partial charge in [-0.15, -0.1) is 0 Å². The summed E-state index contributed by atoms with van der Waals surface area (Å²) in [6, 6.07) is 20.5. The molecular formula is C21H27N3O3S. The van der Waals surface area contributed by atoms with Gasteiger partial charge < -0.3 is 10.2 Å². The summed E-state index contributed by atoms with van der Waals surface area (Å²) in [6.07, 6.45) is 2.00. The molecule has 2 aromatic rings. The van der Waals surface area contributed by atoms with E-state index in [-0.39, 0.29) is 11.9 Å². The van der Waals surface area contributed by atoms with Crippen molar-refractivity contribution in [3.8, 4) is 0 Å². The summed E-state index contributed by atoms with van der Waals surface area (Å²) in [6.45, 7) is 2.09. The Kier molecular flexibility index (Phi) is 6.70. The summed E-state index contributed by atoms with van der Waals surface area (Å²) in [5, 5.41) is 2.99. The molecule has 7 heteroatoms. The third-order valence-corrected chi connectivity index (χ3v) is 6.41. The van der Waals surface area contributed by atoms with Crippen LogP contribution in [-0.4, -0.2) is 62.6 Å². The van der Waals surface area contributed by atoms with Crippen molar-refractivity contribution in [2.75, 3.05) is 39.0 Å². The number of benzene rings is 2. The number of nitrogens with zero attached hydrogens (tertiary/aromatic N) is 2. The fourth-order valence-corrected chi connectivity index (χ4v) is 4.38. The second-order valence-corrected chi connectivity index (χ2v) is 9.03. The Labute approximate surface area is 167 Å². The van der Waals surface area contributed by atoms with Gasteiger partial charge in [0, 0.05) is 38.6 Å². The topological polar surface area (TPSA) is 69.7 Å². The van der Waals surface area contributed by atoms with Crippen molar-refractivity contribution in [1.29, 1.82) is 0 Å². The third-order valence-electron chi connectivity index (χ3n) is 5.11. The standard InChI is InChI=1S/C21H27N3O3S/c1-28(26,27)24-16-14-23(15-17-24)21(25)22-13-12-20(18-8-4-2-5-9-18)19-10-6-3-7-11-19/h2-11,20H,12-17H2,1H3,(H,22,25). The SMILES string of the molecule is CS(=O)(=O)N1CCN(C(=O)NCCC(c2ccccc2)c2ccccc2)CC1. The first-order chi connectivity index (χ1) is 13.4. The summed E-state index contributed by atoms with van der Waals surface area (Å²) in [5.41, 5.74) is 2.45. The van der Waals surface area contributed by atoms with Gasteiger partial charge in [-0.05, 0) is 17.5 Å². The Balaban J connectivity index is 1.55. The number of amides is 2. The number of nitrogens with one attached hydrogen (secondary N) is 1. The first kappa shape index (κ1) is 20.4. The molecule has 0 bridgehead atoms. The molecule has 3 rings (SSSR count). The van der Waals surface area contributed by atoms with E-state index in [0.717, 1.165) is 6.42 Å². The van der Waals surface area contributed by atoms with Gasteiger partial charge in [0.15, 0.2) is 0 Å². The summed E-state index contributed by atoms with van der Waals surface area (Å²) < 4.78 is 24.6. The highest BCUT2D eigenvalue weighted by atomic mass is 32.2. The molecule has 150 valence electrons. The molecule has 0 saturated carbocycles. The summed E-state index contributed by atoms with van der Waals surface area (Å²) >= 11 is 0. The fraction of sp³-hybridized carbons (Fsp3) is 0.381. The Hall–Kier alpha value is -2.38. The van der Waals surface area contributed by atoms with Gasteiger partial charge >= 0.3 is 6.03 Å². The molecule has 6 nitrogen and oxygen atoms in total. The maximum Gasteiger partial charge on any atom is 0.317 e. The molecule has 2 aromatic carbocycles. The molecule has 0 spiro atoms. The second-order valence-electron chi connectivity index (χ2n) is 7.04. The van der Waals surface area contributed by atoms with Gasteiger partial charge in [0.1, 0.15) is 0 Å². The number of piperazine rings is 1. The van der Waals surface area contributed by atoms with Crippen LogP contribution in [0.5, 0.6) is 0 Å². The Morgan fingerprint density at radius 3 is 1.89 bits per heavy atom. The van der Waals surface area contributed by atoms with Crippen LogP contribution in [-0.2, 0) is 10.0 Å². The molecule has 0 aliphatic carbocycles. The van der Waals surface area contributed by atoms with E-state index < -0.39 is 10.0 Å². The number of rotatable bonds is 6. The monoisotopic (exact) mass is 401 g/mol. The van der Waals surface area contributed by atoms with E-state index in [2.05, 4.69) is 29.6 Å². The minimum absolute atomic E-state index is 0.131. The molecule has 1 aliphatic heterocycles. The van der Waals surface area contributed by atoms with Crippen molar-refractivity contribution in [3.63, 3.8) is 0 Å². The molecule has 0 aromatic heterocycles. The maximum atomic E-state index is 12.5. The minimum Gasteiger partial charge on any atom is -0.338 e. The Bertz CT molecular complexity index is 825. The number of hydrogen-bond donors (Lipinski definition) is 1. The predicted molar refractivity (Wildman–Crippen MR) is 111 cm³/mol. The van der Waals surface area contributed by atoms with E-state index in [1.54, 1.807) is 4.90 Å². The number of carbonyl (C=O) groups is 1. The molecule has 0 unspecified atom stereocenters. The van der Waals surface area contributed by atoms with E-state index in [1.807, 2.05) is 36.4 Å². The fourth-order valence-electron chi connectivity index (χ4n) is 3.55. The van der Waals surface area contributed by atoms with Crippen molar-refractivity contribution in [2.45, 2.75) is 12.3 Å². The lowest BCUT2D eigenvalue weighted by Gasteiger charge is -2.33. The van der Waals surface area contributed by atoms with Crippen LogP contribution in [0.25, 0.3) is 0 Å². The van der Waals surface area contributed by atoms with Crippen molar-refractivity contribution in [2.24, 2.45) is 0 Å². The summed E-state index contributed by atoms with van der Waals surface area (Å²) in [7, 11) is -3.19. The molecular weight excluding hydrogens is 374 g/mol. The molecule has 1 aliphatic rings. The quantitative estimate of drug-likeness (QED) is 0.809. The molecule has 2 amide bonds. The van der Waals surface area contributed by atoms with Crippen LogP contribution < -0.4 is 5.32 Å². The normalized spacial score (nSPS) is 15.6. The van der Waals surface area contributed by atoms with E-state index in [4.69, 9.17) is 0 Å². The number of carbonyl (C=O) groups excluding carboxylic acids is 1. The molecule has 0 atom stereocenters. The van der Waals surface area contributed by atoms with Gasteiger partial charge in [0.25, 0.3) is 0 Å². The molecule has 28 heavy (non-hydrogen) atoms. The van der Waals surface area contributed by atoms with Crippen LogP contribution in [0.15, 0.2) is 60.7 Å². The maximum absolute atomic E-state index is 12.5. The zero-order valence-electron chi connectivity index (χ0n) is 16.1. The van der Waals surface area contributed by atoms with Crippen LogP contribution in [0.4, 0.5) is 4.79 Å². The van der Waals surface area contributed by atoms with Crippen LogP contribution in [0.2, 0.25) is 0 Å². The summed E-state index contributed by atoms with van der Waals surface area (Å²) in [5.74, 6) is 0.213. The van der Waals surface area contributed by atoms with Crippen LogP contribution in [0.3, 0.4) is 0 Å². The number of sulfonamides is 1. The van der Waals surface area contributed by atoms with Gasteiger partial charge in [-0.3, -0.25) is 0 Å². The van der Waals surface area contributed by atoms with Crippen LogP contribution >= 0.6 is 0 Å². The minimum atomic E-state index is -3.19. The first-order valence-electron chi connectivity index (χ1n) is 9.53. The molecule has 0 radical (unpaired) electrons. The second kappa shape index (κ2) is 9.21. The van der Waals surface area contributed by atoms with Gasteiger partial charge in [0.05, 0.1) is 6.26 Å². The average molecular weight is 402 g/mol. The molecule has 1 saturated heterocycles. The van der Waals surface area contributed by atoms with Crippen LogP contribution in [0, 0.1) is 0 Å². The van der Waals surface area contributed by atoms with Gasteiger partial charge in [-0.2, -0.15) is 4.31 Å². The van der Waals surface area contributed by atoms with Gasteiger partial charge in [-0.25, -0.2) is 13.2 Å². The zero-order valence-corrected chi connectivity index (χ0v) is 16.9. The van der Waals surface area contributed by atoms with E-state index in [9.17, 15) is 13.2 Å². The third kappa shape index (κ3) is 5.33. The van der Waals surface area contributed by atoms with Crippen molar-refractivity contribution >= 4 is 16.1 Å². The van der Waals surface area contributed by atoms with E-state index >= 15 is 0 Å². The number of hydrogen-bond acceptors (Lipinski definition) is 3. The van der Waals surface area contributed by atoms with Gasteiger partial charge in [-0.1, -0.05) is 60.7 Å². The average Bonchev–Trinajstić information content (AvgIpc) is 2.72. The van der Waals surface area contributed by atoms with E-state index in [1.165, 1.54) is 21.7 Å². The van der Waals surface area contributed by atoms with Gasteiger partial charge in [0.2, 0.25) is 10.0 Å². The Morgan fingerprint density at radius 1 is 0.929 bits per heavy atom. The Morgan fingerprint density at radius 2 is 1.43 bits per heavy atom. The van der Waals surface area contributed by atoms with Crippen molar-refractivity contribution < 1.29 is 13.2 Å². The largest absolute Gasteiger partial charge is 0.338 e. The first-order valence-corrected chi connectivity index (χ1v) is 11.4. The van der Waals surface area contributed by atoms with E-state index in [0.29, 0.717) is 32.7 Å². The summed E-state index contributed by atoms with van der Waals surface area (Å²) in [4.78, 5) is 14.1. The molecule has 1 fully saturated rings. The lowest BCUT2D eigenvalue weighted by atomic mass is 9.88. The molecule has 1 heterocycles. The highest BCUT2D eigenvalue weighted by Gasteiger charge is 2.26. The highest BCUT2D eigenvalue weighted by Crippen LogP contribution is 2.27. The predicted octanol–water partition coefficient (Wildman–Crippen LogP) is 2.50. The zero-order chi connectivity index (χ0) is 20.0. The number of urea groups is 1. The van der Waals surface area contributed by atoms with Crippen LogP contribution in [0.1, 0.15) is 23.5 Å². The lowest BCUT2D eigenvalue weighted by Crippen LogP contribution is -2.53.